The quantitative estimate of drug-likeness (QED) is 0.472. The number of nitrogens with one attached hydrogen (secondary N) is 2. The molecule has 1 aliphatic heterocycles. The first-order valence-corrected chi connectivity index (χ1v) is 3.15. The SMILES string of the molecule is CN1Nc2ncnc(N)c2N1. The van der Waals surface area contributed by atoms with Crippen molar-refractivity contribution >= 4 is 17.3 Å². The van der Waals surface area contributed by atoms with Gasteiger partial charge in [0.2, 0.25) is 0 Å². The smallest absolute Gasteiger partial charge is 0.172 e. The lowest BCUT2D eigenvalue weighted by Crippen LogP contribution is -2.24. The van der Waals surface area contributed by atoms with Crippen LogP contribution in [0, 0.1) is 0 Å². The average molecular weight is 152 g/mol. The van der Waals surface area contributed by atoms with E-state index in [4.69, 9.17) is 5.73 Å². The fourth-order valence-electron chi connectivity index (χ4n) is 0.949. The van der Waals surface area contributed by atoms with E-state index in [1.165, 1.54) is 6.33 Å². The first-order valence-electron chi connectivity index (χ1n) is 3.15. The van der Waals surface area contributed by atoms with E-state index < -0.39 is 0 Å². The topological polar surface area (TPSA) is 79.1 Å². The van der Waals surface area contributed by atoms with E-state index in [1.54, 1.807) is 5.12 Å². The Morgan fingerprint density at radius 3 is 3.00 bits per heavy atom. The van der Waals surface area contributed by atoms with Gasteiger partial charge in [-0.05, 0) is 0 Å². The predicted octanol–water partition coefficient (Wildman–Crippen LogP) is -0.342. The van der Waals surface area contributed by atoms with Gasteiger partial charge in [0, 0.05) is 7.05 Å². The van der Waals surface area contributed by atoms with E-state index in [2.05, 4.69) is 20.8 Å². The molecule has 0 spiro atoms. The highest BCUT2D eigenvalue weighted by Gasteiger charge is 2.17. The van der Waals surface area contributed by atoms with Crippen LogP contribution in [0.3, 0.4) is 0 Å². The van der Waals surface area contributed by atoms with Crippen molar-refractivity contribution in [1.82, 2.24) is 15.1 Å². The van der Waals surface area contributed by atoms with Gasteiger partial charge < -0.3 is 5.73 Å². The molecule has 1 aliphatic rings. The number of hydrogen-bond donors (Lipinski definition) is 3. The molecule has 6 heteroatoms. The molecule has 0 saturated heterocycles. The molecule has 2 rings (SSSR count). The fraction of sp³-hybridized carbons (Fsp3) is 0.200. The number of rotatable bonds is 0. The zero-order valence-electron chi connectivity index (χ0n) is 6.00. The molecule has 2 heterocycles. The first-order chi connectivity index (χ1) is 5.27. The van der Waals surface area contributed by atoms with Gasteiger partial charge in [-0.1, -0.05) is 0 Å². The second-order valence-electron chi connectivity index (χ2n) is 2.27. The fourth-order valence-corrected chi connectivity index (χ4v) is 0.949. The second-order valence-corrected chi connectivity index (χ2v) is 2.27. The summed E-state index contributed by atoms with van der Waals surface area (Å²) in [7, 11) is 1.82. The normalized spacial score (nSPS) is 15.4. The number of fused-ring (bicyclic) bond motifs is 1. The molecule has 0 radical (unpaired) electrons. The third-order valence-electron chi connectivity index (χ3n) is 1.43. The van der Waals surface area contributed by atoms with Gasteiger partial charge in [-0.25, -0.2) is 9.97 Å². The number of nitrogen functional groups attached to an aromatic ring is 1. The molecule has 58 valence electrons. The Bertz CT molecular complexity index is 284. The largest absolute Gasteiger partial charge is 0.382 e. The van der Waals surface area contributed by atoms with Crippen molar-refractivity contribution in [3.05, 3.63) is 6.33 Å². The van der Waals surface area contributed by atoms with Crippen LogP contribution in [0.5, 0.6) is 0 Å². The van der Waals surface area contributed by atoms with Crippen LogP contribution >= 0.6 is 0 Å². The van der Waals surface area contributed by atoms with E-state index in [-0.39, 0.29) is 0 Å². The van der Waals surface area contributed by atoms with Gasteiger partial charge in [0.1, 0.15) is 12.0 Å². The van der Waals surface area contributed by atoms with E-state index in [0.29, 0.717) is 11.6 Å². The van der Waals surface area contributed by atoms with Crippen molar-refractivity contribution in [3.63, 3.8) is 0 Å². The second kappa shape index (κ2) is 1.96. The minimum atomic E-state index is 0.451. The molecular weight excluding hydrogens is 144 g/mol. The van der Waals surface area contributed by atoms with Crippen molar-refractivity contribution in [2.45, 2.75) is 0 Å². The van der Waals surface area contributed by atoms with Crippen LogP contribution in [0.4, 0.5) is 17.3 Å². The maximum Gasteiger partial charge on any atom is 0.172 e. The Kier molecular flexibility index (Phi) is 1.10. The molecule has 0 atom stereocenters. The molecule has 6 nitrogen and oxygen atoms in total. The standard InChI is InChI=1S/C5H8N6/c1-11-9-3-4(6)7-2-8-5(3)10-11/h2,9H,1H3,(H3,6,7,8,10). The summed E-state index contributed by atoms with van der Waals surface area (Å²) in [6.45, 7) is 0. The Labute approximate surface area is 63.4 Å². The summed E-state index contributed by atoms with van der Waals surface area (Å²) in [5.41, 5.74) is 12.2. The minimum absolute atomic E-state index is 0.451. The molecular formula is C5H8N6. The van der Waals surface area contributed by atoms with Crippen LogP contribution < -0.4 is 16.6 Å². The van der Waals surface area contributed by atoms with Crippen LogP contribution in [-0.2, 0) is 0 Å². The van der Waals surface area contributed by atoms with Crippen molar-refractivity contribution in [1.29, 1.82) is 0 Å². The maximum absolute atomic E-state index is 5.55. The summed E-state index contributed by atoms with van der Waals surface area (Å²) in [6.07, 6.45) is 1.42. The van der Waals surface area contributed by atoms with Crippen molar-refractivity contribution < 1.29 is 0 Å². The van der Waals surface area contributed by atoms with E-state index in [1.807, 2.05) is 7.05 Å². The van der Waals surface area contributed by atoms with Crippen LogP contribution in [0.1, 0.15) is 0 Å². The Balaban J connectivity index is 2.49. The van der Waals surface area contributed by atoms with Crippen LogP contribution in [-0.4, -0.2) is 22.1 Å². The van der Waals surface area contributed by atoms with Gasteiger partial charge in [0.05, 0.1) is 0 Å². The lowest BCUT2D eigenvalue weighted by molar-refractivity contribution is 0.505. The van der Waals surface area contributed by atoms with E-state index >= 15 is 0 Å². The minimum Gasteiger partial charge on any atom is -0.382 e. The third-order valence-corrected chi connectivity index (χ3v) is 1.43. The molecule has 0 unspecified atom stereocenters. The van der Waals surface area contributed by atoms with Crippen molar-refractivity contribution in [2.75, 3.05) is 23.6 Å². The number of anilines is 3. The summed E-state index contributed by atoms with van der Waals surface area (Å²) in [4.78, 5) is 7.79. The summed E-state index contributed by atoms with van der Waals surface area (Å²) in [6, 6.07) is 0. The van der Waals surface area contributed by atoms with Gasteiger partial charge in [-0.15, -0.1) is 5.12 Å². The number of aromatic nitrogens is 2. The lowest BCUT2D eigenvalue weighted by atomic mass is 10.4. The molecule has 4 N–H and O–H groups in total. The molecule has 0 bridgehead atoms. The highest BCUT2D eigenvalue weighted by molar-refractivity contribution is 5.77. The average Bonchev–Trinajstić information content (AvgIpc) is 2.31. The van der Waals surface area contributed by atoms with E-state index in [0.717, 1.165) is 5.69 Å². The van der Waals surface area contributed by atoms with Gasteiger partial charge in [-0.3, -0.25) is 10.9 Å². The van der Waals surface area contributed by atoms with Gasteiger partial charge in [-0.2, -0.15) is 0 Å². The van der Waals surface area contributed by atoms with Crippen molar-refractivity contribution in [2.24, 2.45) is 0 Å². The summed E-state index contributed by atoms with van der Waals surface area (Å²) in [5, 5.41) is 1.66. The highest BCUT2D eigenvalue weighted by atomic mass is 15.8. The molecule has 0 amide bonds. The number of hydrogen-bond acceptors (Lipinski definition) is 6. The number of nitrogens with two attached hydrogens (primary N) is 1. The van der Waals surface area contributed by atoms with Crippen LogP contribution in [0.2, 0.25) is 0 Å². The highest BCUT2D eigenvalue weighted by Crippen LogP contribution is 2.28. The van der Waals surface area contributed by atoms with Crippen molar-refractivity contribution in [3.8, 4) is 0 Å². The third kappa shape index (κ3) is 0.838. The van der Waals surface area contributed by atoms with Crippen LogP contribution in [0.15, 0.2) is 6.33 Å². The predicted molar refractivity (Wildman–Crippen MR) is 41.5 cm³/mol. The van der Waals surface area contributed by atoms with Gasteiger partial charge in [0.15, 0.2) is 11.6 Å². The molecule has 11 heavy (non-hydrogen) atoms. The van der Waals surface area contributed by atoms with Gasteiger partial charge >= 0.3 is 0 Å². The number of hydrazine groups is 2. The Morgan fingerprint density at radius 2 is 2.27 bits per heavy atom. The Morgan fingerprint density at radius 1 is 1.45 bits per heavy atom. The molecule has 1 aromatic heterocycles. The summed E-state index contributed by atoms with van der Waals surface area (Å²) < 4.78 is 0. The summed E-state index contributed by atoms with van der Waals surface area (Å²) >= 11 is 0. The first kappa shape index (κ1) is 6.17. The van der Waals surface area contributed by atoms with Crippen LogP contribution in [0.25, 0.3) is 0 Å². The van der Waals surface area contributed by atoms with Gasteiger partial charge in [0.25, 0.3) is 0 Å². The lowest BCUT2D eigenvalue weighted by Gasteiger charge is -2.06. The molecule has 1 aromatic rings. The molecule has 0 aliphatic carbocycles. The zero-order chi connectivity index (χ0) is 7.84. The number of nitrogens with zero attached hydrogens (tertiary/aromatic N) is 3. The maximum atomic E-state index is 5.55. The molecule has 0 fully saturated rings. The molecule has 0 aromatic carbocycles. The Hall–Kier alpha value is -1.56. The summed E-state index contributed by atoms with van der Waals surface area (Å²) in [5.74, 6) is 1.16. The molecule has 0 saturated carbocycles. The van der Waals surface area contributed by atoms with E-state index in [9.17, 15) is 0 Å². The zero-order valence-corrected chi connectivity index (χ0v) is 6.00. The monoisotopic (exact) mass is 152 g/mol.